The Labute approximate surface area is 291 Å². The fourth-order valence-electron chi connectivity index (χ4n) is 6.01. The molecule has 0 aromatic heterocycles. The molecule has 7 N–H and O–H groups in total. The van der Waals surface area contributed by atoms with Gasteiger partial charge in [0.05, 0.1) is 6.54 Å². The molecule has 4 rings (SSSR count). The van der Waals surface area contributed by atoms with Gasteiger partial charge in [0.15, 0.2) is 0 Å². The highest BCUT2D eigenvalue weighted by Crippen LogP contribution is 2.27. The van der Waals surface area contributed by atoms with Crippen molar-refractivity contribution in [2.24, 2.45) is 5.92 Å². The number of hydrogen-bond donors (Lipinski definition) is 7. The summed E-state index contributed by atoms with van der Waals surface area (Å²) in [6, 6.07) is 15.8. The number of amides is 4. The number of hydrogen-bond acceptors (Lipinski definition) is 6. The molecule has 13 nitrogen and oxygen atoms in total. The lowest BCUT2D eigenvalue weighted by molar-refractivity contribution is -0.140. The maximum absolute atomic E-state index is 12.0. The van der Waals surface area contributed by atoms with E-state index in [-0.39, 0.29) is 56.5 Å². The van der Waals surface area contributed by atoms with Gasteiger partial charge in [0, 0.05) is 18.9 Å². The first-order valence-electron chi connectivity index (χ1n) is 17.1. The van der Waals surface area contributed by atoms with Crippen molar-refractivity contribution >= 4 is 57.3 Å². The highest BCUT2D eigenvalue weighted by atomic mass is 16.4. The Bertz CT molecular complexity index is 1580. The summed E-state index contributed by atoms with van der Waals surface area (Å²) in [7, 11) is 0. The standard InChI is InChI=1S/C22H36N4O9.C15H12/c27-17(13-24-19(30)14-7-2-1-3-8-14)23-12-5-4-9-15(20(31)32)25-22(35)26-16(21(33)34)10-6-11-18(28)29;1-11-14-8-4-2-6-12(14)10-13-7-3-5-9-15(11)13/h14-16H,1-13H2,(H,23,27)(H,24,30)(H,28,29)(H,31,32)(H,33,34)(H2,25,26,35);2-10H,1H3/t15-,16-;/m0./s1. The summed E-state index contributed by atoms with van der Waals surface area (Å²) in [5, 5.41) is 42.1. The number of carbonyl (C=O) groups excluding carboxylic acids is 3. The second-order valence-corrected chi connectivity index (χ2v) is 12.5. The summed E-state index contributed by atoms with van der Waals surface area (Å²) in [6.45, 7) is 2.35. The highest BCUT2D eigenvalue weighted by molar-refractivity contribution is 6.01. The Morgan fingerprint density at radius 2 is 1.26 bits per heavy atom. The van der Waals surface area contributed by atoms with Crippen molar-refractivity contribution < 1.29 is 44.1 Å². The van der Waals surface area contributed by atoms with Crippen LogP contribution in [-0.2, 0) is 24.0 Å². The summed E-state index contributed by atoms with van der Waals surface area (Å²) in [6.07, 6.45) is 5.34. The Hall–Kier alpha value is -5.20. The smallest absolute Gasteiger partial charge is 0.326 e. The summed E-state index contributed by atoms with van der Waals surface area (Å²) in [5.41, 5.74) is 1.38. The van der Waals surface area contributed by atoms with Gasteiger partial charge in [-0.05, 0) is 85.0 Å². The van der Waals surface area contributed by atoms with Crippen molar-refractivity contribution in [1.82, 2.24) is 21.3 Å². The number of unbranched alkanes of at least 4 members (excludes halogenated alkanes) is 1. The molecule has 0 radical (unpaired) electrons. The van der Waals surface area contributed by atoms with Gasteiger partial charge in [-0.15, -0.1) is 0 Å². The number of carboxylic acid groups (broad SMARTS) is 3. The summed E-state index contributed by atoms with van der Waals surface area (Å²) >= 11 is 0. The van der Waals surface area contributed by atoms with Crippen LogP contribution >= 0.6 is 0 Å². The maximum atomic E-state index is 12.0. The molecule has 50 heavy (non-hydrogen) atoms. The van der Waals surface area contributed by atoms with E-state index in [0.29, 0.717) is 12.8 Å². The monoisotopic (exact) mass is 692 g/mol. The van der Waals surface area contributed by atoms with E-state index in [1.54, 1.807) is 0 Å². The molecule has 4 amide bonds. The largest absolute Gasteiger partial charge is 0.481 e. The molecule has 0 spiro atoms. The molecule has 0 saturated heterocycles. The molecular formula is C37H48N4O9. The van der Waals surface area contributed by atoms with Gasteiger partial charge in [-0.3, -0.25) is 14.4 Å². The van der Waals surface area contributed by atoms with Crippen LogP contribution in [0.3, 0.4) is 0 Å². The Balaban J connectivity index is 0.000000366. The van der Waals surface area contributed by atoms with Crippen LogP contribution in [0.4, 0.5) is 4.79 Å². The Morgan fingerprint density at radius 3 is 1.80 bits per heavy atom. The number of rotatable bonds is 16. The third kappa shape index (κ3) is 13.0. The van der Waals surface area contributed by atoms with Gasteiger partial charge in [0.25, 0.3) is 0 Å². The molecule has 1 aliphatic rings. The zero-order chi connectivity index (χ0) is 36.5. The van der Waals surface area contributed by atoms with Gasteiger partial charge in [-0.2, -0.15) is 0 Å². The number of urea groups is 1. The Kier molecular flexibility index (Phi) is 16.0. The molecule has 3 aromatic rings. The summed E-state index contributed by atoms with van der Waals surface area (Å²) < 4.78 is 0. The van der Waals surface area contributed by atoms with Crippen molar-refractivity contribution in [1.29, 1.82) is 0 Å². The van der Waals surface area contributed by atoms with E-state index in [0.717, 1.165) is 32.1 Å². The minimum absolute atomic E-state index is 0.0327. The van der Waals surface area contributed by atoms with Crippen LogP contribution in [0.15, 0.2) is 54.6 Å². The molecule has 1 aliphatic carbocycles. The van der Waals surface area contributed by atoms with Crippen molar-refractivity contribution in [2.45, 2.75) is 89.6 Å². The first-order valence-corrected chi connectivity index (χ1v) is 17.1. The Morgan fingerprint density at radius 1 is 0.720 bits per heavy atom. The van der Waals surface area contributed by atoms with Gasteiger partial charge in [-0.1, -0.05) is 67.8 Å². The van der Waals surface area contributed by atoms with Crippen LogP contribution in [0.2, 0.25) is 0 Å². The molecule has 3 aromatic carbocycles. The lowest BCUT2D eigenvalue weighted by Crippen LogP contribution is -2.51. The second kappa shape index (κ2) is 20.3. The maximum Gasteiger partial charge on any atom is 0.326 e. The molecule has 270 valence electrons. The summed E-state index contributed by atoms with van der Waals surface area (Å²) in [5.74, 6) is -4.24. The molecule has 0 bridgehead atoms. The topological polar surface area (TPSA) is 211 Å². The SMILES string of the molecule is Cc1c2ccccc2cc2ccccc12.O=C(O)CCC[C@H](NC(=O)N[C@@H](CCCCNC(=O)CNC(=O)C1CCCCC1)C(=O)O)C(=O)O. The third-order valence-electron chi connectivity index (χ3n) is 8.77. The van der Waals surface area contributed by atoms with Crippen molar-refractivity contribution in [3.8, 4) is 0 Å². The van der Waals surface area contributed by atoms with Gasteiger partial charge < -0.3 is 36.6 Å². The van der Waals surface area contributed by atoms with Crippen LogP contribution in [0.1, 0.15) is 76.2 Å². The van der Waals surface area contributed by atoms with Crippen LogP contribution in [-0.4, -0.2) is 76.2 Å². The number of aryl methyl sites for hydroxylation is 1. The van der Waals surface area contributed by atoms with E-state index < -0.39 is 36.0 Å². The molecular weight excluding hydrogens is 644 g/mol. The molecule has 0 aliphatic heterocycles. The minimum atomic E-state index is -1.36. The predicted octanol–water partition coefficient (Wildman–Crippen LogP) is 4.73. The fourth-order valence-corrected chi connectivity index (χ4v) is 6.01. The van der Waals surface area contributed by atoms with Crippen LogP contribution in [0, 0.1) is 12.8 Å². The zero-order valence-electron chi connectivity index (χ0n) is 28.4. The van der Waals surface area contributed by atoms with Crippen LogP contribution < -0.4 is 21.3 Å². The highest BCUT2D eigenvalue weighted by Gasteiger charge is 2.24. The molecule has 0 heterocycles. The number of carbonyl (C=O) groups is 6. The normalized spacial score (nSPS) is 14.0. The predicted molar refractivity (Wildman–Crippen MR) is 189 cm³/mol. The van der Waals surface area contributed by atoms with Gasteiger partial charge in [-0.25, -0.2) is 14.4 Å². The minimum Gasteiger partial charge on any atom is -0.481 e. The first-order chi connectivity index (χ1) is 24.0. The molecule has 1 saturated carbocycles. The lowest BCUT2D eigenvalue weighted by atomic mass is 9.89. The zero-order valence-corrected chi connectivity index (χ0v) is 28.4. The van der Waals surface area contributed by atoms with E-state index in [9.17, 15) is 33.9 Å². The van der Waals surface area contributed by atoms with E-state index in [2.05, 4.69) is 82.8 Å². The average Bonchev–Trinajstić information content (AvgIpc) is 3.10. The van der Waals surface area contributed by atoms with Crippen molar-refractivity contribution in [3.63, 3.8) is 0 Å². The van der Waals surface area contributed by atoms with E-state index >= 15 is 0 Å². The second-order valence-electron chi connectivity index (χ2n) is 12.5. The van der Waals surface area contributed by atoms with Crippen LogP contribution in [0.5, 0.6) is 0 Å². The van der Waals surface area contributed by atoms with Gasteiger partial charge >= 0.3 is 23.9 Å². The van der Waals surface area contributed by atoms with Gasteiger partial charge in [0.2, 0.25) is 11.8 Å². The number of aliphatic carboxylic acids is 3. The van der Waals surface area contributed by atoms with E-state index in [4.69, 9.17) is 10.2 Å². The molecule has 0 unspecified atom stereocenters. The van der Waals surface area contributed by atoms with Crippen molar-refractivity contribution in [3.05, 3.63) is 60.2 Å². The average molecular weight is 693 g/mol. The van der Waals surface area contributed by atoms with E-state index in [1.165, 1.54) is 27.1 Å². The molecule has 2 atom stereocenters. The third-order valence-corrected chi connectivity index (χ3v) is 8.77. The van der Waals surface area contributed by atoms with Crippen LogP contribution in [0.25, 0.3) is 21.5 Å². The summed E-state index contributed by atoms with van der Waals surface area (Å²) in [4.78, 5) is 69.2. The first kappa shape index (κ1) is 39.2. The molecule has 1 fully saturated rings. The number of carboxylic acids is 3. The number of fused-ring (bicyclic) bond motifs is 2. The fraction of sp³-hybridized carbons (Fsp3) is 0.459. The number of nitrogens with one attached hydrogen (secondary N) is 4. The quantitative estimate of drug-likeness (QED) is 0.0816. The van der Waals surface area contributed by atoms with E-state index in [1.807, 2.05) is 0 Å². The van der Waals surface area contributed by atoms with Crippen molar-refractivity contribution in [2.75, 3.05) is 13.1 Å². The lowest BCUT2D eigenvalue weighted by Gasteiger charge is -2.20. The number of benzene rings is 3. The molecule has 13 heteroatoms. The van der Waals surface area contributed by atoms with Gasteiger partial charge in [0.1, 0.15) is 12.1 Å².